The van der Waals surface area contributed by atoms with E-state index in [2.05, 4.69) is 31.0 Å². The smallest absolute Gasteiger partial charge is 0.183 e. The first-order valence-electron chi connectivity index (χ1n) is 7.14. The van der Waals surface area contributed by atoms with Crippen LogP contribution in [0.1, 0.15) is 46.2 Å². The van der Waals surface area contributed by atoms with E-state index < -0.39 is 0 Å². The highest BCUT2D eigenvalue weighted by Gasteiger charge is 2.14. The minimum atomic E-state index is 0.162. The van der Waals surface area contributed by atoms with E-state index in [1.54, 1.807) is 6.20 Å². The summed E-state index contributed by atoms with van der Waals surface area (Å²) < 4.78 is 1.96. The van der Waals surface area contributed by atoms with Crippen molar-refractivity contribution in [2.75, 3.05) is 0 Å². The molecule has 0 amide bonds. The van der Waals surface area contributed by atoms with Crippen LogP contribution in [-0.4, -0.2) is 15.3 Å². The molecular formula is C17H22N2O. The first kappa shape index (κ1) is 14.5. The van der Waals surface area contributed by atoms with Crippen LogP contribution in [0.4, 0.5) is 0 Å². The third-order valence-corrected chi connectivity index (χ3v) is 3.55. The monoisotopic (exact) mass is 270 g/mol. The molecule has 106 valence electrons. The van der Waals surface area contributed by atoms with Crippen molar-refractivity contribution in [1.82, 2.24) is 9.55 Å². The standard InChI is InChI=1S/C17H22N2O/c1-5-6-16-18-7-8-19(16)11-15(20)17-13(3)9-12(2)10-14(17)4/h7-10H,5-6,11H2,1-4H3. The summed E-state index contributed by atoms with van der Waals surface area (Å²) >= 11 is 0. The molecular weight excluding hydrogens is 248 g/mol. The van der Waals surface area contributed by atoms with Gasteiger partial charge < -0.3 is 4.57 Å². The molecule has 2 aromatic rings. The molecule has 0 spiro atoms. The van der Waals surface area contributed by atoms with Crippen molar-refractivity contribution in [3.8, 4) is 0 Å². The van der Waals surface area contributed by atoms with E-state index in [0.29, 0.717) is 6.54 Å². The zero-order chi connectivity index (χ0) is 14.7. The Balaban J connectivity index is 2.26. The quantitative estimate of drug-likeness (QED) is 0.777. The molecule has 0 saturated heterocycles. The van der Waals surface area contributed by atoms with Crippen LogP contribution in [0.5, 0.6) is 0 Å². The topological polar surface area (TPSA) is 34.9 Å². The van der Waals surface area contributed by atoms with Crippen LogP contribution < -0.4 is 0 Å². The molecule has 0 aliphatic rings. The summed E-state index contributed by atoms with van der Waals surface area (Å²) in [6, 6.07) is 4.14. The Morgan fingerprint density at radius 2 is 1.85 bits per heavy atom. The highest BCUT2D eigenvalue weighted by molar-refractivity contribution is 5.98. The van der Waals surface area contributed by atoms with E-state index in [9.17, 15) is 4.79 Å². The first-order valence-corrected chi connectivity index (χ1v) is 7.14. The maximum absolute atomic E-state index is 12.6. The minimum absolute atomic E-state index is 0.162. The van der Waals surface area contributed by atoms with Gasteiger partial charge in [0, 0.05) is 24.4 Å². The maximum Gasteiger partial charge on any atom is 0.183 e. The number of Topliss-reactive ketones (excluding diaryl/α,β-unsaturated/α-hetero) is 1. The Hall–Kier alpha value is -1.90. The molecule has 20 heavy (non-hydrogen) atoms. The summed E-state index contributed by atoms with van der Waals surface area (Å²) in [4.78, 5) is 16.9. The molecule has 1 aromatic heterocycles. The molecule has 0 radical (unpaired) electrons. The Labute approximate surface area is 120 Å². The summed E-state index contributed by atoms with van der Waals surface area (Å²) in [6.45, 7) is 8.57. The molecule has 0 aliphatic heterocycles. The summed E-state index contributed by atoms with van der Waals surface area (Å²) in [6.07, 6.45) is 5.61. The Kier molecular flexibility index (Phi) is 4.38. The molecule has 0 unspecified atom stereocenters. The summed E-state index contributed by atoms with van der Waals surface area (Å²) in [5.74, 6) is 1.15. The lowest BCUT2D eigenvalue weighted by atomic mass is 9.96. The van der Waals surface area contributed by atoms with Gasteiger partial charge in [-0.1, -0.05) is 24.6 Å². The number of hydrogen-bond acceptors (Lipinski definition) is 2. The van der Waals surface area contributed by atoms with Crippen LogP contribution in [-0.2, 0) is 13.0 Å². The molecule has 0 fully saturated rings. The zero-order valence-corrected chi connectivity index (χ0v) is 12.7. The Bertz CT molecular complexity index is 603. The van der Waals surface area contributed by atoms with Crippen LogP contribution in [0.2, 0.25) is 0 Å². The molecule has 2 rings (SSSR count). The van der Waals surface area contributed by atoms with Gasteiger partial charge in [0.15, 0.2) is 5.78 Å². The number of rotatable bonds is 5. The fourth-order valence-electron chi connectivity index (χ4n) is 2.79. The third kappa shape index (κ3) is 2.98. The molecule has 0 bridgehead atoms. The molecule has 0 atom stereocenters. The second-order valence-corrected chi connectivity index (χ2v) is 5.42. The second kappa shape index (κ2) is 6.04. The third-order valence-electron chi connectivity index (χ3n) is 3.55. The van der Waals surface area contributed by atoms with Gasteiger partial charge in [-0.25, -0.2) is 4.98 Å². The second-order valence-electron chi connectivity index (χ2n) is 5.42. The number of carbonyl (C=O) groups is 1. The van der Waals surface area contributed by atoms with E-state index in [-0.39, 0.29) is 5.78 Å². The molecule has 3 nitrogen and oxygen atoms in total. The van der Waals surface area contributed by atoms with Crippen molar-refractivity contribution >= 4 is 5.78 Å². The molecule has 0 saturated carbocycles. The number of hydrogen-bond donors (Lipinski definition) is 0. The maximum atomic E-state index is 12.6. The number of carbonyl (C=O) groups excluding carboxylic acids is 1. The number of nitrogens with zero attached hydrogens (tertiary/aromatic N) is 2. The lowest BCUT2D eigenvalue weighted by molar-refractivity contribution is 0.0969. The molecule has 1 heterocycles. The van der Waals surface area contributed by atoms with Crippen LogP contribution in [0.25, 0.3) is 0 Å². The van der Waals surface area contributed by atoms with Gasteiger partial charge in [0.25, 0.3) is 0 Å². The number of aryl methyl sites for hydroxylation is 4. The predicted molar refractivity (Wildman–Crippen MR) is 81.2 cm³/mol. The summed E-state index contributed by atoms with van der Waals surface area (Å²) in [5.41, 5.74) is 4.17. The highest BCUT2D eigenvalue weighted by atomic mass is 16.1. The van der Waals surface area contributed by atoms with E-state index in [4.69, 9.17) is 0 Å². The van der Waals surface area contributed by atoms with Gasteiger partial charge in [-0.2, -0.15) is 0 Å². The lowest BCUT2D eigenvalue weighted by Gasteiger charge is -2.12. The first-order chi connectivity index (χ1) is 9.52. The van der Waals surface area contributed by atoms with Crippen LogP contribution in [0.15, 0.2) is 24.5 Å². The number of aromatic nitrogens is 2. The fraction of sp³-hybridized carbons (Fsp3) is 0.412. The average molecular weight is 270 g/mol. The van der Waals surface area contributed by atoms with Gasteiger partial charge in [0.1, 0.15) is 5.82 Å². The molecule has 3 heteroatoms. The minimum Gasteiger partial charge on any atom is -0.327 e. The van der Waals surface area contributed by atoms with E-state index in [1.165, 1.54) is 5.56 Å². The Morgan fingerprint density at radius 3 is 2.45 bits per heavy atom. The normalized spacial score (nSPS) is 10.8. The van der Waals surface area contributed by atoms with Gasteiger partial charge in [0.05, 0.1) is 6.54 Å². The van der Waals surface area contributed by atoms with E-state index >= 15 is 0 Å². The van der Waals surface area contributed by atoms with Gasteiger partial charge in [0.2, 0.25) is 0 Å². The Morgan fingerprint density at radius 1 is 1.20 bits per heavy atom. The lowest BCUT2D eigenvalue weighted by Crippen LogP contribution is -2.15. The van der Waals surface area contributed by atoms with Crippen molar-refractivity contribution in [2.45, 2.75) is 47.1 Å². The van der Waals surface area contributed by atoms with Crippen LogP contribution in [0, 0.1) is 20.8 Å². The zero-order valence-electron chi connectivity index (χ0n) is 12.7. The number of benzene rings is 1. The SMILES string of the molecule is CCCc1nccn1CC(=O)c1c(C)cc(C)cc1C. The highest BCUT2D eigenvalue weighted by Crippen LogP contribution is 2.18. The predicted octanol–water partition coefficient (Wildman–Crippen LogP) is 3.64. The summed E-state index contributed by atoms with van der Waals surface area (Å²) in [7, 11) is 0. The van der Waals surface area contributed by atoms with E-state index in [0.717, 1.165) is 35.4 Å². The van der Waals surface area contributed by atoms with Crippen molar-refractivity contribution in [3.63, 3.8) is 0 Å². The molecule has 1 aromatic carbocycles. The van der Waals surface area contributed by atoms with Crippen molar-refractivity contribution in [3.05, 3.63) is 52.6 Å². The fourth-order valence-corrected chi connectivity index (χ4v) is 2.79. The molecule has 0 N–H and O–H groups in total. The van der Waals surface area contributed by atoms with E-state index in [1.807, 2.05) is 24.6 Å². The summed E-state index contributed by atoms with van der Waals surface area (Å²) in [5, 5.41) is 0. The largest absolute Gasteiger partial charge is 0.327 e. The van der Waals surface area contributed by atoms with Crippen molar-refractivity contribution in [1.29, 1.82) is 0 Å². The molecule has 0 aliphatic carbocycles. The van der Waals surface area contributed by atoms with Crippen molar-refractivity contribution < 1.29 is 4.79 Å². The van der Waals surface area contributed by atoms with Crippen LogP contribution >= 0.6 is 0 Å². The van der Waals surface area contributed by atoms with Crippen molar-refractivity contribution in [2.24, 2.45) is 0 Å². The van der Waals surface area contributed by atoms with Gasteiger partial charge in [-0.3, -0.25) is 4.79 Å². The average Bonchev–Trinajstić information content (AvgIpc) is 2.75. The van der Waals surface area contributed by atoms with Gasteiger partial charge in [-0.15, -0.1) is 0 Å². The van der Waals surface area contributed by atoms with Gasteiger partial charge >= 0.3 is 0 Å². The van der Waals surface area contributed by atoms with Gasteiger partial charge in [-0.05, 0) is 38.3 Å². The van der Waals surface area contributed by atoms with Crippen LogP contribution in [0.3, 0.4) is 0 Å². The number of imidazole rings is 1. The number of ketones is 1.